The van der Waals surface area contributed by atoms with Gasteiger partial charge >= 0.3 is 0 Å². The quantitative estimate of drug-likeness (QED) is 0.605. The number of methoxy groups -OCH3 is 1. The Morgan fingerprint density at radius 2 is 2.25 bits per heavy atom. The Kier molecular flexibility index (Phi) is 6.84. The van der Waals surface area contributed by atoms with E-state index in [-0.39, 0.29) is 6.04 Å². The van der Waals surface area contributed by atoms with Crippen LogP contribution in [0, 0.1) is 18.3 Å². The van der Waals surface area contributed by atoms with Crippen molar-refractivity contribution >= 4 is 0 Å². The molecule has 0 amide bonds. The standard InChI is InChI=1S/C10H19NO/c1-5-10(11-6-2)7-9(3)8-12-4/h1,9-11H,6-8H2,2-4H3. The summed E-state index contributed by atoms with van der Waals surface area (Å²) in [5.41, 5.74) is 0. The van der Waals surface area contributed by atoms with Crippen molar-refractivity contribution in [1.29, 1.82) is 0 Å². The second-order valence-electron chi connectivity index (χ2n) is 3.07. The molecule has 2 heteroatoms. The van der Waals surface area contributed by atoms with Gasteiger partial charge in [-0.1, -0.05) is 19.8 Å². The second kappa shape index (κ2) is 7.15. The molecule has 0 saturated heterocycles. The monoisotopic (exact) mass is 169 g/mol. The maximum Gasteiger partial charge on any atom is 0.0690 e. The summed E-state index contributed by atoms with van der Waals surface area (Å²) < 4.78 is 5.03. The molecule has 2 unspecified atom stereocenters. The third kappa shape index (κ3) is 5.17. The van der Waals surface area contributed by atoms with E-state index in [1.165, 1.54) is 0 Å². The van der Waals surface area contributed by atoms with Gasteiger partial charge in [-0.3, -0.25) is 0 Å². The number of ether oxygens (including phenoxy) is 1. The molecule has 0 fully saturated rings. The van der Waals surface area contributed by atoms with Crippen LogP contribution in [0.15, 0.2) is 0 Å². The maximum atomic E-state index is 5.35. The smallest absolute Gasteiger partial charge is 0.0690 e. The fourth-order valence-corrected chi connectivity index (χ4v) is 1.21. The predicted octanol–water partition coefficient (Wildman–Crippen LogP) is 1.27. The molecule has 0 bridgehead atoms. The van der Waals surface area contributed by atoms with Gasteiger partial charge in [0.05, 0.1) is 6.04 Å². The number of nitrogens with one attached hydrogen (secondary N) is 1. The molecule has 0 aromatic heterocycles. The molecule has 0 spiro atoms. The molecule has 0 aliphatic heterocycles. The zero-order valence-corrected chi connectivity index (χ0v) is 8.26. The maximum absolute atomic E-state index is 5.35. The van der Waals surface area contributed by atoms with Crippen LogP contribution in [-0.4, -0.2) is 26.3 Å². The molecule has 0 aromatic carbocycles. The van der Waals surface area contributed by atoms with Crippen LogP contribution in [0.3, 0.4) is 0 Å². The first-order chi connectivity index (χ1) is 5.74. The van der Waals surface area contributed by atoms with E-state index < -0.39 is 0 Å². The van der Waals surface area contributed by atoms with Crippen LogP contribution in [0.2, 0.25) is 0 Å². The first-order valence-corrected chi connectivity index (χ1v) is 4.43. The first kappa shape index (κ1) is 11.5. The molecule has 0 heterocycles. The van der Waals surface area contributed by atoms with Gasteiger partial charge in [0.2, 0.25) is 0 Å². The van der Waals surface area contributed by atoms with Gasteiger partial charge < -0.3 is 10.1 Å². The van der Waals surface area contributed by atoms with Crippen molar-refractivity contribution in [3.05, 3.63) is 0 Å². The van der Waals surface area contributed by atoms with Gasteiger partial charge in [0.25, 0.3) is 0 Å². The minimum atomic E-state index is 0.195. The highest BCUT2D eigenvalue weighted by atomic mass is 16.5. The lowest BCUT2D eigenvalue weighted by molar-refractivity contribution is 0.152. The van der Waals surface area contributed by atoms with E-state index in [1.54, 1.807) is 7.11 Å². The van der Waals surface area contributed by atoms with Crippen molar-refractivity contribution in [3.8, 4) is 12.3 Å². The van der Waals surface area contributed by atoms with E-state index in [1.807, 2.05) is 0 Å². The minimum absolute atomic E-state index is 0.195. The van der Waals surface area contributed by atoms with Crippen molar-refractivity contribution in [1.82, 2.24) is 5.32 Å². The fourth-order valence-electron chi connectivity index (χ4n) is 1.21. The average molecular weight is 169 g/mol. The lowest BCUT2D eigenvalue weighted by Crippen LogP contribution is -2.29. The predicted molar refractivity (Wildman–Crippen MR) is 52.0 cm³/mol. The molecule has 12 heavy (non-hydrogen) atoms. The summed E-state index contributed by atoms with van der Waals surface area (Å²) in [5.74, 6) is 3.25. The van der Waals surface area contributed by atoms with E-state index in [0.29, 0.717) is 5.92 Å². The number of hydrogen-bond acceptors (Lipinski definition) is 2. The minimum Gasteiger partial charge on any atom is -0.384 e. The van der Waals surface area contributed by atoms with Crippen LogP contribution < -0.4 is 5.32 Å². The molecule has 2 atom stereocenters. The topological polar surface area (TPSA) is 21.3 Å². The summed E-state index contributed by atoms with van der Waals surface area (Å²) in [5, 5.41) is 3.23. The Morgan fingerprint density at radius 1 is 1.58 bits per heavy atom. The van der Waals surface area contributed by atoms with E-state index in [9.17, 15) is 0 Å². The van der Waals surface area contributed by atoms with E-state index >= 15 is 0 Å². The Morgan fingerprint density at radius 3 is 2.67 bits per heavy atom. The summed E-state index contributed by atoms with van der Waals surface area (Å²) in [6.45, 7) is 5.91. The third-order valence-corrected chi connectivity index (χ3v) is 1.74. The molecule has 2 nitrogen and oxygen atoms in total. The summed E-state index contributed by atoms with van der Waals surface area (Å²) in [4.78, 5) is 0. The molecular weight excluding hydrogens is 150 g/mol. The number of hydrogen-bond donors (Lipinski definition) is 1. The van der Waals surface area contributed by atoms with Crippen LogP contribution in [0.4, 0.5) is 0 Å². The molecule has 1 N–H and O–H groups in total. The van der Waals surface area contributed by atoms with Crippen LogP contribution in [-0.2, 0) is 4.74 Å². The van der Waals surface area contributed by atoms with Gasteiger partial charge in [0.1, 0.15) is 0 Å². The number of terminal acetylenes is 1. The van der Waals surface area contributed by atoms with Gasteiger partial charge in [0.15, 0.2) is 0 Å². The molecule has 70 valence electrons. The van der Waals surface area contributed by atoms with Crippen molar-refractivity contribution in [2.75, 3.05) is 20.3 Å². The molecule has 0 rings (SSSR count). The first-order valence-electron chi connectivity index (χ1n) is 4.43. The second-order valence-corrected chi connectivity index (χ2v) is 3.07. The lowest BCUT2D eigenvalue weighted by atomic mass is 10.0. The van der Waals surface area contributed by atoms with Crippen LogP contribution in [0.25, 0.3) is 0 Å². The van der Waals surface area contributed by atoms with Crippen LogP contribution in [0.5, 0.6) is 0 Å². The third-order valence-electron chi connectivity index (χ3n) is 1.74. The zero-order valence-electron chi connectivity index (χ0n) is 8.26. The number of rotatable bonds is 6. The van der Waals surface area contributed by atoms with Crippen molar-refractivity contribution in [3.63, 3.8) is 0 Å². The van der Waals surface area contributed by atoms with Crippen molar-refractivity contribution in [2.24, 2.45) is 5.92 Å². The molecule has 0 aromatic rings. The van der Waals surface area contributed by atoms with Crippen molar-refractivity contribution < 1.29 is 4.74 Å². The SMILES string of the molecule is C#CC(CC(C)COC)NCC. The molecule has 0 aliphatic rings. The van der Waals surface area contributed by atoms with Gasteiger partial charge in [-0.2, -0.15) is 0 Å². The molecule has 0 aliphatic carbocycles. The highest BCUT2D eigenvalue weighted by Gasteiger charge is 2.08. The molecule has 0 saturated carbocycles. The summed E-state index contributed by atoms with van der Waals surface area (Å²) in [6.07, 6.45) is 6.33. The Bertz CT molecular complexity index is 139. The summed E-state index contributed by atoms with van der Waals surface area (Å²) in [6, 6.07) is 0.195. The molecular formula is C10H19NO. The van der Waals surface area contributed by atoms with Crippen molar-refractivity contribution in [2.45, 2.75) is 26.3 Å². The Balaban J connectivity index is 3.63. The normalized spacial score (nSPS) is 15.2. The highest BCUT2D eigenvalue weighted by molar-refractivity contribution is 4.98. The van der Waals surface area contributed by atoms with Gasteiger partial charge in [-0.25, -0.2) is 0 Å². The van der Waals surface area contributed by atoms with E-state index in [0.717, 1.165) is 19.6 Å². The summed E-state index contributed by atoms with van der Waals surface area (Å²) >= 11 is 0. The fraction of sp³-hybridized carbons (Fsp3) is 0.800. The largest absolute Gasteiger partial charge is 0.384 e. The van der Waals surface area contributed by atoms with Gasteiger partial charge in [0, 0.05) is 13.7 Å². The Labute approximate surface area is 75.7 Å². The van der Waals surface area contributed by atoms with Crippen LogP contribution in [0.1, 0.15) is 20.3 Å². The Hall–Kier alpha value is -0.520. The zero-order chi connectivity index (χ0) is 9.40. The molecule has 0 radical (unpaired) electrons. The summed E-state index contributed by atoms with van der Waals surface area (Å²) in [7, 11) is 1.72. The van der Waals surface area contributed by atoms with Gasteiger partial charge in [-0.15, -0.1) is 6.42 Å². The van der Waals surface area contributed by atoms with Gasteiger partial charge in [-0.05, 0) is 18.9 Å². The van der Waals surface area contributed by atoms with E-state index in [2.05, 4.69) is 25.1 Å². The van der Waals surface area contributed by atoms with E-state index in [4.69, 9.17) is 11.2 Å². The lowest BCUT2D eigenvalue weighted by Gasteiger charge is -2.16. The average Bonchev–Trinajstić information content (AvgIpc) is 2.04. The highest BCUT2D eigenvalue weighted by Crippen LogP contribution is 2.05. The van der Waals surface area contributed by atoms with Crippen LogP contribution >= 0.6 is 0 Å².